The number of ether oxygens (including phenoxy) is 4. The summed E-state index contributed by atoms with van der Waals surface area (Å²) in [5.41, 5.74) is 1.34. The molecule has 30 heavy (non-hydrogen) atoms. The first-order valence-corrected chi connectivity index (χ1v) is 11.9. The molecule has 1 rings (SSSR count). The first kappa shape index (κ1) is 26.4. The summed E-state index contributed by atoms with van der Waals surface area (Å²) >= 11 is 3.38. The predicted molar refractivity (Wildman–Crippen MR) is 121 cm³/mol. The minimum atomic E-state index is -0.695. The van der Waals surface area contributed by atoms with Crippen LogP contribution in [-0.4, -0.2) is 49.6 Å². The molecule has 6 nitrogen and oxygen atoms in total. The van der Waals surface area contributed by atoms with Crippen LogP contribution in [0.1, 0.15) is 69.3 Å². The third-order valence-electron chi connectivity index (χ3n) is 4.39. The Hall–Kier alpha value is -1.60. The van der Waals surface area contributed by atoms with Gasteiger partial charge in [-0.15, -0.1) is 0 Å². The monoisotopic (exact) mass is 486 g/mol. The molecule has 0 fully saturated rings. The SMILES string of the molecule is CCCc1c(OC(CC)C(=O)OCC)ccc(C(C)=O)c1OCCCOCCCBr. The standard InChI is InChI=1S/C23H35BrO6/c1-5-10-19-21(30-20(6-2)23(26)28-7-3)12-11-18(17(4)25)22(19)29-16-9-15-27-14-8-13-24/h11-12,20H,5-10,13-16H2,1-4H3. The van der Waals surface area contributed by atoms with Crippen LogP contribution in [0, 0.1) is 0 Å². The Bertz CT molecular complexity index is 661. The van der Waals surface area contributed by atoms with Crippen LogP contribution in [0.25, 0.3) is 0 Å². The Balaban J connectivity index is 3.03. The molecule has 0 heterocycles. The van der Waals surface area contributed by atoms with Crippen LogP contribution < -0.4 is 9.47 Å². The van der Waals surface area contributed by atoms with Gasteiger partial charge in [-0.25, -0.2) is 4.79 Å². The maximum absolute atomic E-state index is 12.2. The van der Waals surface area contributed by atoms with E-state index in [0.29, 0.717) is 56.3 Å². The lowest BCUT2D eigenvalue weighted by Gasteiger charge is -2.22. The minimum Gasteiger partial charge on any atom is -0.492 e. The van der Waals surface area contributed by atoms with Gasteiger partial charge in [0.1, 0.15) is 11.5 Å². The molecule has 1 unspecified atom stereocenters. The average molecular weight is 487 g/mol. The molecular formula is C23H35BrO6. The highest BCUT2D eigenvalue weighted by Gasteiger charge is 2.24. The molecule has 0 N–H and O–H groups in total. The number of hydrogen-bond donors (Lipinski definition) is 0. The van der Waals surface area contributed by atoms with Gasteiger partial charge >= 0.3 is 5.97 Å². The Morgan fingerprint density at radius 2 is 1.80 bits per heavy atom. The van der Waals surface area contributed by atoms with E-state index in [2.05, 4.69) is 15.9 Å². The van der Waals surface area contributed by atoms with Gasteiger partial charge in [0.15, 0.2) is 11.9 Å². The maximum atomic E-state index is 12.2. The summed E-state index contributed by atoms with van der Waals surface area (Å²) in [7, 11) is 0. The Morgan fingerprint density at radius 3 is 2.40 bits per heavy atom. The second-order valence-electron chi connectivity index (χ2n) is 6.85. The van der Waals surface area contributed by atoms with Crippen LogP contribution in [0.5, 0.6) is 11.5 Å². The fraction of sp³-hybridized carbons (Fsp3) is 0.652. The van der Waals surface area contributed by atoms with E-state index in [0.717, 1.165) is 30.2 Å². The number of esters is 1. The van der Waals surface area contributed by atoms with E-state index >= 15 is 0 Å². The number of halogens is 1. The van der Waals surface area contributed by atoms with Crippen LogP contribution in [0.2, 0.25) is 0 Å². The molecule has 0 bridgehead atoms. The fourth-order valence-corrected chi connectivity index (χ4v) is 3.16. The number of carbonyl (C=O) groups excluding carboxylic acids is 2. The third-order valence-corrected chi connectivity index (χ3v) is 4.95. The van der Waals surface area contributed by atoms with Gasteiger partial charge in [0, 0.05) is 30.5 Å². The molecule has 7 heteroatoms. The Kier molecular flexibility index (Phi) is 13.4. The molecule has 0 saturated carbocycles. The summed E-state index contributed by atoms with van der Waals surface area (Å²) in [5.74, 6) is 0.646. The maximum Gasteiger partial charge on any atom is 0.347 e. The number of Topliss-reactive ketones (excluding diaryl/α,β-unsaturated/α-hetero) is 1. The van der Waals surface area contributed by atoms with Crippen LogP contribution in [0.4, 0.5) is 0 Å². The van der Waals surface area contributed by atoms with Crippen molar-refractivity contribution in [2.24, 2.45) is 0 Å². The van der Waals surface area contributed by atoms with Crippen LogP contribution in [0.3, 0.4) is 0 Å². The lowest BCUT2D eigenvalue weighted by Crippen LogP contribution is -2.29. The molecule has 0 aliphatic rings. The van der Waals surface area contributed by atoms with Crippen molar-refractivity contribution in [3.05, 3.63) is 23.3 Å². The highest BCUT2D eigenvalue weighted by molar-refractivity contribution is 9.09. The van der Waals surface area contributed by atoms with Gasteiger partial charge in [-0.2, -0.15) is 0 Å². The first-order chi connectivity index (χ1) is 14.5. The zero-order valence-corrected chi connectivity index (χ0v) is 20.2. The number of rotatable bonds is 16. The first-order valence-electron chi connectivity index (χ1n) is 10.8. The molecule has 0 aromatic heterocycles. The molecular weight excluding hydrogens is 452 g/mol. The van der Waals surface area contributed by atoms with Crippen molar-refractivity contribution in [3.8, 4) is 11.5 Å². The average Bonchev–Trinajstić information content (AvgIpc) is 2.72. The van der Waals surface area contributed by atoms with E-state index in [-0.39, 0.29) is 11.8 Å². The summed E-state index contributed by atoms with van der Waals surface area (Å²) < 4.78 is 22.7. The van der Waals surface area contributed by atoms with Crippen molar-refractivity contribution in [1.82, 2.24) is 0 Å². The van der Waals surface area contributed by atoms with Gasteiger partial charge in [0.2, 0.25) is 0 Å². The van der Waals surface area contributed by atoms with Gasteiger partial charge < -0.3 is 18.9 Å². The number of ketones is 1. The van der Waals surface area contributed by atoms with Gasteiger partial charge in [-0.05, 0) is 45.2 Å². The number of alkyl halides is 1. The molecule has 170 valence electrons. The molecule has 0 radical (unpaired) electrons. The zero-order valence-electron chi connectivity index (χ0n) is 18.6. The molecule has 1 aromatic rings. The molecule has 0 spiro atoms. The Morgan fingerprint density at radius 1 is 1.07 bits per heavy atom. The molecule has 0 aliphatic heterocycles. The van der Waals surface area contributed by atoms with Crippen molar-refractivity contribution in [2.45, 2.75) is 65.9 Å². The van der Waals surface area contributed by atoms with Crippen molar-refractivity contribution in [3.63, 3.8) is 0 Å². The van der Waals surface area contributed by atoms with Crippen molar-refractivity contribution < 1.29 is 28.5 Å². The van der Waals surface area contributed by atoms with Gasteiger partial charge in [-0.1, -0.05) is 36.2 Å². The number of hydrogen-bond acceptors (Lipinski definition) is 6. The summed E-state index contributed by atoms with van der Waals surface area (Å²) in [6.07, 6.45) is 3.00. The van der Waals surface area contributed by atoms with E-state index in [9.17, 15) is 9.59 Å². The number of benzene rings is 1. The number of carbonyl (C=O) groups is 2. The van der Waals surface area contributed by atoms with Crippen LogP contribution in [-0.2, 0) is 20.7 Å². The summed E-state index contributed by atoms with van der Waals surface area (Å²) in [5, 5.41) is 0.920. The molecule has 1 aromatic carbocycles. The minimum absolute atomic E-state index is 0.0695. The molecule has 0 aliphatic carbocycles. The summed E-state index contributed by atoms with van der Waals surface area (Å²) in [6, 6.07) is 3.45. The van der Waals surface area contributed by atoms with Crippen molar-refractivity contribution in [1.29, 1.82) is 0 Å². The predicted octanol–water partition coefficient (Wildman–Crippen LogP) is 5.13. The molecule has 0 saturated heterocycles. The van der Waals surface area contributed by atoms with Gasteiger partial charge in [-0.3, -0.25) is 4.79 Å². The molecule has 1 atom stereocenters. The fourth-order valence-electron chi connectivity index (χ4n) is 2.93. The van der Waals surface area contributed by atoms with Crippen molar-refractivity contribution >= 4 is 27.7 Å². The van der Waals surface area contributed by atoms with E-state index in [1.807, 2.05) is 13.8 Å². The quantitative estimate of drug-likeness (QED) is 0.139. The topological polar surface area (TPSA) is 71.1 Å². The van der Waals surface area contributed by atoms with E-state index in [1.54, 1.807) is 19.1 Å². The highest BCUT2D eigenvalue weighted by atomic mass is 79.9. The normalized spacial score (nSPS) is 11.8. The lowest BCUT2D eigenvalue weighted by molar-refractivity contribution is -0.151. The van der Waals surface area contributed by atoms with Gasteiger partial charge in [0.05, 0.1) is 18.8 Å². The summed E-state index contributed by atoms with van der Waals surface area (Å²) in [4.78, 5) is 24.4. The smallest absolute Gasteiger partial charge is 0.347 e. The highest BCUT2D eigenvalue weighted by Crippen LogP contribution is 2.35. The Labute approximate surface area is 188 Å². The van der Waals surface area contributed by atoms with E-state index in [4.69, 9.17) is 18.9 Å². The lowest BCUT2D eigenvalue weighted by atomic mass is 10.0. The largest absolute Gasteiger partial charge is 0.492 e. The molecule has 0 amide bonds. The van der Waals surface area contributed by atoms with Crippen LogP contribution >= 0.6 is 15.9 Å². The zero-order chi connectivity index (χ0) is 22.4. The second kappa shape index (κ2) is 15.2. The van der Waals surface area contributed by atoms with E-state index in [1.165, 1.54) is 6.92 Å². The third kappa shape index (κ3) is 8.64. The van der Waals surface area contributed by atoms with Crippen LogP contribution in [0.15, 0.2) is 12.1 Å². The second-order valence-corrected chi connectivity index (χ2v) is 7.64. The van der Waals surface area contributed by atoms with Crippen molar-refractivity contribution in [2.75, 3.05) is 31.8 Å². The van der Waals surface area contributed by atoms with E-state index < -0.39 is 6.10 Å². The summed E-state index contributed by atoms with van der Waals surface area (Å²) in [6.45, 7) is 9.26. The van der Waals surface area contributed by atoms with Gasteiger partial charge in [0.25, 0.3) is 0 Å².